The Balaban J connectivity index is 1.63. The highest BCUT2D eigenvalue weighted by Gasteiger charge is 2.34. The standard InChI is InChI=1S/C20H23F3N4O3S/c21-20(22,23)16-7-4-8-24-18(16)25-9-10-26-19(28)17(15-5-2-1-3-6-15)27-11-13-31(29,30)14-12-27/h1-8,17H,9-14H2,(H,24,25)(H,26,28). The second-order valence-corrected chi connectivity index (χ2v) is 9.42. The number of aromatic nitrogens is 1. The lowest BCUT2D eigenvalue weighted by molar-refractivity contribution is -0.137. The zero-order valence-corrected chi connectivity index (χ0v) is 17.4. The average molecular weight is 456 g/mol. The molecule has 31 heavy (non-hydrogen) atoms. The second kappa shape index (κ2) is 9.65. The third-order valence-corrected chi connectivity index (χ3v) is 6.55. The molecule has 2 heterocycles. The molecular weight excluding hydrogens is 433 g/mol. The first-order chi connectivity index (χ1) is 14.7. The number of halogens is 3. The van der Waals surface area contributed by atoms with Gasteiger partial charge in [0.05, 0.1) is 17.1 Å². The summed E-state index contributed by atoms with van der Waals surface area (Å²) in [5.41, 5.74) is -0.158. The molecule has 11 heteroatoms. The van der Waals surface area contributed by atoms with E-state index < -0.39 is 27.6 Å². The fourth-order valence-corrected chi connectivity index (χ4v) is 4.62. The largest absolute Gasteiger partial charge is 0.419 e. The lowest BCUT2D eigenvalue weighted by atomic mass is 10.0. The van der Waals surface area contributed by atoms with Crippen LogP contribution in [0.5, 0.6) is 0 Å². The number of sulfone groups is 1. The zero-order chi connectivity index (χ0) is 22.5. The van der Waals surface area contributed by atoms with Gasteiger partial charge in [0.1, 0.15) is 11.9 Å². The van der Waals surface area contributed by atoms with Crippen LogP contribution in [0.2, 0.25) is 0 Å². The Morgan fingerprint density at radius 3 is 2.39 bits per heavy atom. The highest BCUT2D eigenvalue weighted by Crippen LogP contribution is 2.33. The molecule has 2 N–H and O–H groups in total. The number of carbonyl (C=O) groups excluding carboxylic acids is 1. The van der Waals surface area contributed by atoms with Crippen molar-refractivity contribution in [2.75, 3.05) is 43.0 Å². The molecule has 0 aliphatic carbocycles. The smallest absolute Gasteiger partial charge is 0.368 e. The van der Waals surface area contributed by atoms with Gasteiger partial charge in [-0.3, -0.25) is 9.69 Å². The van der Waals surface area contributed by atoms with Crippen LogP contribution in [-0.2, 0) is 20.8 Å². The van der Waals surface area contributed by atoms with E-state index in [1.54, 1.807) is 29.2 Å². The van der Waals surface area contributed by atoms with E-state index in [-0.39, 0.29) is 49.4 Å². The number of anilines is 1. The van der Waals surface area contributed by atoms with Crippen molar-refractivity contribution in [3.8, 4) is 0 Å². The minimum absolute atomic E-state index is 0.0228. The van der Waals surface area contributed by atoms with E-state index in [4.69, 9.17) is 0 Å². The van der Waals surface area contributed by atoms with Gasteiger partial charge in [-0.05, 0) is 17.7 Å². The summed E-state index contributed by atoms with van der Waals surface area (Å²) >= 11 is 0. The van der Waals surface area contributed by atoms with Crippen molar-refractivity contribution in [1.29, 1.82) is 0 Å². The van der Waals surface area contributed by atoms with Gasteiger partial charge in [-0.1, -0.05) is 30.3 Å². The Kier molecular flexibility index (Phi) is 7.16. The fourth-order valence-electron chi connectivity index (χ4n) is 3.39. The summed E-state index contributed by atoms with van der Waals surface area (Å²) in [4.78, 5) is 18.4. The summed E-state index contributed by atoms with van der Waals surface area (Å²) in [6.45, 7) is 0.580. The maximum atomic E-state index is 13.0. The summed E-state index contributed by atoms with van der Waals surface area (Å²) in [5.74, 6) is -0.690. The predicted molar refractivity (Wildman–Crippen MR) is 110 cm³/mol. The Morgan fingerprint density at radius 2 is 1.74 bits per heavy atom. The van der Waals surface area contributed by atoms with Crippen LogP contribution >= 0.6 is 0 Å². The molecule has 0 bridgehead atoms. The Hall–Kier alpha value is -2.66. The summed E-state index contributed by atoms with van der Waals surface area (Å²) < 4.78 is 62.6. The highest BCUT2D eigenvalue weighted by atomic mass is 32.2. The number of alkyl halides is 3. The van der Waals surface area contributed by atoms with Crippen LogP contribution in [0.1, 0.15) is 17.2 Å². The summed E-state index contributed by atoms with van der Waals surface area (Å²) in [7, 11) is -3.11. The zero-order valence-electron chi connectivity index (χ0n) is 16.6. The van der Waals surface area contributed by atoms with Crippen molar-refractivity contribution in [1.82, 2.24) is 15.2 Å². The summed E-state index contributed by atoms with van der Waals surface area (Å²) in [5, 5.41) is 5.33. The lowest BCUT2D eigenvalue weighted by Crippen LogP contribution is -2.48. The van der Waals surface area contributed by atoms with Gasteiger partial charge in [0.2, 0.25) is 5.91 Å². The molecule has 1 atom stereocenters. The molecule has 3 rings (SSSR count). The Morgan fingerprint density at radius 1 is 1.06 bits per heavy atom. The normalized spacial score (nSPS) is 17.6. The minimum Gasteiger partial charge on any atom is -0.368 e. The van der Waals surface area contributed by atoms with Crippen molar-refractivity contribution in [3.05, 3.63) is 59.8 Å². The Bertz CT molecular complexity index is 986. The van der Waals surface area contributed by atoms with E-state index in [1.807, 2.05) is 6.07 Å². The van der Waals surface area contributed by atoms with Crippen molar-refractivity contribution in [3.63, 3.8) is 0 Å². The number of hydrogen-bond acceptors (Lipinski definition) is 6. The van der Waals surface area contributed by atoms with E-state index in [1.165, 1.54) is 12.3 Å². The maximum Gasteiger partial charge on any atom is 0.419 e. The average Bonchev–Trinajstić information content (AvgIpc) is 2.73. The molecule has 1 fully saturated rings. The van der Waals surface area contributed by atoms with Crippen LogP contribution in [-0.4, -0.2) is 61.9 Å². The minimum atomic E-state index is -4.53. The van der Waals surface area contributed by atoms with Crippen molar-refractivity contribution in [2.45, 2.75) is 12.2 Å². The first-order valence-corrected chi connectivity index (χ1v) is 11.5. The molecule has 1 saturated heterocycles. The van der Waals surface area contributed by atoms with Crippen LogP contribution in [0.15, 0.2) is 48.7 Å². The number of nitrogens with one attached hydrogen (secondary N) is 2. The van der Waals surface area contributed by atoms with E-state index in [9.17, 15) is 26.4 Å². The second-order valence-electron chi connectivity index (χ2n) is 7.12. The first kappa shape index (κ1) is 23.0. The topological polar surface area (TPSA) is 91.4 Å². The number of rotatable bonds is 7. The van der Waals surface area contributed by atoms with Gasteiger partial charge in [-0.2, -0.15) is 13.2 Å². The number of pyridine rings is 1. The lowest BCUT2D eigenvalue weighted by Gasteiger charge is -2.33. The molecule has 1 aliphatic rings. The molecule has 0 radical (unpaired) electrons. The van der Waals surface area contributed by atoms with E-state index in [0.717, 1.165) is 11.6 Å². The predicted octanol–water partition coefficient (Wildman–Crippen LogP) is 2.10. The Labute approximate surface area is 178 Å². The van der Waals surface area contributed by atoms with Gasteiger partial charge in [-0.15, -0.1) is 0 Å². The summed E-state index contributed by atoms with van der Waals surface area (Å²) in [6.07, 6.45) is -3.28. The quantitative estimate of drug-likeness (QED) is 0.620. The molecule has 0 saturated carbocycles. The highest BCUT2D eigenvalue weighted by molar-refractivity contribution is 7.91. The third-order valence-electron chi connectivity index (χ3n) is 4.94. The number of nitrogens with zero attached hydrogens (tertiary/aromatic N) is 2. The number of hydrogen-bond donors (Lipinski definition) is 2. The number of benzene rings is 1. The molecule has 1 aliphatic heterocycles. The summed E-state index contributed by atoms with van der Waals surface area (Å²) in [6, 6.07) is 10.4. The molecule has 7 nitrogen and oxygen atoms in total. The van der Waals surface area contributed by atoms with Gasteiger partial charge in [-0.25, -0.2) is 13.4 Å². The molecule has 0 spiro atoms. The maximum absolute atomic E-state index is 13.0. The number of amides is 1. The molecule has 1 amide bonds. The van der Waals surface area contributed by atoms with Crippen molar-refractivity contribution < 1.29 is 26.4 Å². The van der Waals surface area contributed by atoms with Crippen molar-refractivity contribution in [2.24, 2.45) is 0 Å². The molecule has 1 aromatic carbocycles. The molecular formula is C20H23F3N4O3S. The SMILES string of the molecule is O=C(NCCNc1ncccc1C(F)(F)F)C(c1ccccc1)N1CCS(=O)(=O)CC1. The van der Waals surface area contributed by atoms with E-state index in [0.29, 0.717) is 0 Å². The van der Waals surface area contributed by atoms with E-state index in [2.05, 4.69) is 15.6 Å². The number of carbonyl (C=O) groups is 1. The van der Waals surface area contributed by atoms with Crippen LogP contribution in [0.3, 0.4) is 0 Å². The third kappa shape index (κ3) is 6.17. The van der Waals surface area contributed by atoms with Gasteiger partial charge >= 0.3 is 6.18 Å². The van der Waals surface area contributed by atoms with Crippen LogP contribution in [0.25, 0.3) is 0 Å². The van der Waals surface area contributed by atoms with Crippen LogP contribution in [0.4, 0.5) is 19.0 Å². The fraction of sp³-hybridized carbons (Fsp3) is 0.400. The van der Waals surface area contributed by atoms with Gasteiger partial charge in [0.15, 0.2) is 9.84 Å². The van der Waals surface area contributed by atoms with Crippen LogP contribution in [0, 0.1) is 0 Å². The van der Waals surface area contributed by atoms with Crippen molar-refractivity contribution >= 4 is 21.6 Å². The van der Waals surface area contributed by atoms with Gasteiger partial charge < -0.3 is 10.6 Å². The van der Waals surface area contributed by atoms with Gasteiger partial charge in [0.25, 0.3) is 0 Å². The van der Waals surface area contributed by atoms with Crippen LogP contribution < -0.4 is 10.6 Å². The first-order valence-electron chi connectivity index (χ1n) is 9.70. The van der Waals surface area contributed by atoms with E-state index >= 15 is 0 Å². The van der Waals surface area contributed by atoms with Gasteiger partial charge in [0, 0.05) is 32.4 Å². The monoisotopic (exact) mass is 456 g/mol. The molecule has 168 valence electrons. The molecule has 2 aromatic rings. The molecule has 1 unspecified atom stereocenters. The molecule has 1 aromatic heterocycles.